The third-order valence-electron chi connectivity index (χ3n) is 4.51. The van der Waals surface area contributed by atoms with Crippen LogP contribution in [0.5, 0.6) is 0 Å². The largest absolute Gasteiger partial charge is 0.459 e. The van der Waals surface area contributed by atoms with Gasteiger partial charge in [0.05, 0.1) is 24.4 Å². The molecule has 0 bridgehead atoms. The maximum Gasteiger partial charge on any atom is 0.289 e. The predicted octanol–water partition coefficient (Wildman–Crippen LogP) is 2.83. The fraction of sp³-hybridized carbons (Fsp3) is 0.350. The van der Waals surface area contributed by atoms with Crippen LogP contribution >= 0.6 is 24.0 Å². The van der Waals surface area contributed by atoms with Crippen LogP contribution in [0, 0.1) is 17.1 Å². The van der Waals surface area contributed by atoms with Crippen molar-refractivity contribution in [3.8, 4) is 6.07 Å². The van der Waals surface area contributed by atoms with Crippen molar-refractivity contribution in [2.45, 2.75) is 13.5 Å². The van der Waals surface area contributed by atoms with E-state index in [0.29, 0.717) is 55.6 Å². The lowest BCUT2D eigenvalue weighted by Crippen LogP contribution is -2.53. The molecule has 0 unspecified atom stereocenters. The number of guanidine groups is 1. The second-order valence-electron chi connectivity index (χ2n) is 6.34. The maximum atomic E-state index is 14.0. The zero-order chi connectivity index (χ0) is 19.9. The summed E-state index contributed by atoms with van der Waals surface area (Å²) in [6, 6.07) is 9.61. The van der Waals surface area contributed by atoms with Gasteiger partial charge in [-0.1, -0.05) is 0 Å². The number of rotatable bonds is 4. The molecule has 1 saturated heterocycles. The summed E-state index contributed by atoms with van der Waals surface area (Å²) in [7, 11) is 0. The van der Waals surface area contributed by atoms with E-state index in [1.165, 1.54) is 24.5 Å². The number of carbonyl (C=O) groups excluding carboxylic acids is 1. The van der Waals surface area contributed by atoms with E-state index in [9.17, 15) is 9.18 Å². The Morgan fingerprint density at radius 2 is 2.00 bits per heavy atom. The molecule has 9 heteroatoms. The van der Waals surface area contributed by atoms with Gasteiger partial charge in [0, 0.05) is 38.3 Å². The van der Waals surface area contributed by atoms with E-state index in [2.05, 4.69) is 10.3 Å². The van der Waals surface area contributed by atoms with Crippen LogP contribution in [0.3, 0.4) is 0 Å². The molecule has 1 aliphatic heterocycles. The van der Waals surface area contributed by atoms with Gasteiger partial charge in [-0.05, 0) is 37.3 Å². The van der Waals surface area contributed by atoms with Crippen molar-refractivity contribution in [1.82, 2.24) is 15.1 Å². The van der Waals surface area contributed by atoms with Crippen LogP contribution in [-0.2, 0) is 6.54 Å². The minimum Gasteiger partial charge on any atom is -0.459 e. The lowest BCUT2D eigenvalue weighted by Gasteiger charge is -2.36. The summed E-state index contributed by atoms with van der Waals surface area (Å²) in [5, 5.41) is 12.2. The molecule has 1 aliphatic rings. The summed E-state index contributed by atoms with van der Waals surface area (Å²) >= 11 is 0. The molecule has 7 nitrogen and oxygen atoms in total. The number of piperazine rings is 1. The molecule has 3 rings (SSSR count). The first-order chi connectivity index (χ1) is 13.6. The summed E-state index contributed by atoms with van der Waals surface area (Å²) in [5.74, 6) is 0.491. The fourth-order valence-electron chi connectivity index (χ4n) is 3.03. The number of nitriles is 1. The van der Waals surface area contributed by atoms with E-state index in [1.807, 2.05) is 17.9 Å². The van der Waals surface area contributed by atoms with E-state index in [1.54, 1.807) is 17.0 Å². The number of hydrogen-bond acceptors (Lipinski definition) is 4. The Bertz CT molecular complexity index is 887. The van der Waals surface area contributed by atoms with Gasteiger partial charge in [0.1, 0.15) is 5.82 Å². The SMILES string of the molecule is CCNC(=NCc1cc(C#N)ccc1F)N1CCN(C(=O)c2ccco2)CC1.I. The van der Waals surface area contributed by atoms with E-state index < -0.39 is 0 Å². The van der Waals surface area contributed by atoms with Crippen LogP contribution in [0.2, 0.25) is 0 Å². The number of nitrogens with zero attached hydrogens (tertiary/aromatic N) is 4. The quantitative estimate of drug-likeness (QED) is 0.388. The second kappa shape index (κ2) is 10.8. The number of halogens is 2. The molecule has 154 valence electrons. The van der Waals surface area contributed by atoms with Gasteiger partial charge < -0.3 is 19.5 Å². The minimum atomic E-state index is -0.382. The molecule has 0 aliphatic carbocycles. The molecular weight excluding hydrogens is 488 g/mol. The summed E-state index contributed by atoms with van der Waals surface area (Å²) in [6.07, 6.45) is 1.49. The average Bonchev–Trinajstić information content (AvgIpc) is 3.26. The fourth-order valence-corrected chi connectivity index (χ4v) is 3.03. The number of nitrogens with one attached hydrogen (secondary N) is 1. The monoisotopic (exact) mass is 511 g/mol. The number of benzene rings is 1. The van der Waals surface area contributed by atoms with Crippen LogP contribution in [0.1, 0.15) is 28.6 Å². The van der Waals surface area contributed by atoms with Crippen LogP contribution in [0.15, 0.2) is 46.0 Å². The number of amides is 1. The first-order valence-electron chi connectivity index (χ1n) is 9.17. The van der Waals surface area contributed by atoms with Crippen molar-refractivity contribution in [2.75, 3.05) is 32.7 Å². The molecule has 29 heavy (non-hydrogen) atoms. The third kappa shape index (κ3) is 5.69. The van der Waals surface area contributed by atoms with Gasteiger partial charge in [-0.2, -0.15) is 5.26 Å². The van der Waals surface area contributed by atoms with Crippen LogP contribution in [-0.4, -0.2) is 54.4 Å². The van der Waals surface area contributed by atoms with Crippen molar-refractivity contribution in [2.24, 2.45) is 4.99 Å². The molecule has 1 aromatic carbocycles. The van der Waals surface area contributed by atoms with Gasteiger partial charge in [-0.3, -0.25) is 4.79 Å². The first-order valence-corrected chi connectivity index (χ1v) is 9.17. The number of hydrogen-bond donors (Lipinski definition) is 1. The van der Waals surface area contributed by atoms with E-state index in [0.717, 1.165) is 0 Å². The highest BCUT2D eigenvalue weighted by Gasteiger charge is 2.25. The molecule has 0 radical (unpaired) electrons. The smallest absolute Gasteiger partial charge is 0.289 e. The summed E-state index contributed by atoms with van der Waals surface area (Å²) < 4.78 is 19.2. The standard InChI is InChI=1S/C20H22FN5O2.HI/c1-2-23-20(24-14-16-12-15(13-22)5-6-17(16)21)26-9-7-25(8-10-26)19(27)18-4-3-11-28-18;/h3-6,11-12H,2,7-10,14H2,1H3,(H,23,24);1H. The molecular formula is C20H23FIN5O2. The van der Waals surface area contributed by atoms with Crippen LogP contribution in [0.4, 0.5) is 4.39 Å². The topological polar surface area (TPSA) is 84.9 Å². The van der Waals surface area contributed by atoms with Gasteiger partial charge in [0.15, 0.2) is 11.7 Å². The highest BCUT2D eigenvalue weighted by atomic mass is 127. The number of furan rings is 1. The Kier molecular flexibility index (Phi) is 8.45. The zero-order valence-corrected chi connectivity index (χ0v) is 18.4. The highest BCUT2D eigenvalue weighted by Crippen LogP contribution is 2.13. The first kappa shape index (κ1) is 22.7. The molecule has 1 amide bonds. The summed E-state index contributed by atoms with van der Waals surface area (Å²) in [6.45, 7) is 5.08. The molecule has 0 saturated carbocycles. The molecule has 2 heterocycles. The van der Waals surface area contributed by atoms with Crippen molar-refractivity contribution in [1.29, 1.82) is 5.26 Å². The summed E-state index contributed by atoms with van der Waals surface area (Å²) in [5.41, 5.74) is 0.780. The van der Waals surface area contributed by atoms with Gasteiger partial charge >= 0.3 is 0 Å². The van der Waals surface area contributed by atoms with Crippen molar-refractivity contribution in [3.05, 3.63) is 59.3 Å². The summed E-state index contributed by atoms with van der Waals surface area (Å²) in [4.78, 5) is 20.7. The average molecular weight is 511 g/mol. The van der Waals surface area contributed by atoms with E-state index in [-0.39, 0.29) is 42.2 Å². The molecule has 1 aromatic heterocycles. The van der Waals surface area contributed by atoms with Crippen LogP contribution < -0.4 is 5.32 Å². The Morgan fingerprint density at radius 3 is 2.62 bits per heavy atom. The highest BCUT2D eigenvalue weighted by molar-refractivity contribution is 14.0. The van der Waals surface area contributed by atoms with Gasteiger partial charge in [0.25, 0.3) is 5.91 Å². The Morgan fingerprint density at radius 1 is 1.28 bits per heavy atom. The third-order valence-corrected chi connectivity index (χ3v) is 4.51. The van der Waals surface area contributed by atoms with Crippen LogP contribution in [0.25, 0.3) is 0 Å². The molecule has 0 atom stereocenters. The van der Waals surface area contributed by atoms with E-state index >= 15 is 0 Å². The van der Waals surface area contributed by atoms with Gasteiger partial charge in [-0.25, -0.2) is 9.38 Å². The van der Waals surface area contributed by atoms with Crippen molar-refractivity contribution in [3.63, 3.8) is 0 Å². The lowest BCUT2D eigenvalue weighted by molar-refractivity contribution is 0.0657. The minimum absolute atomic E-state index is 0. The van der Waals surface area contributed by atoms with E-state index in [4.69, 9.17) is 9.68 Å². The molecule has 1 N–H and O–H groups in total. The van der Waals surface area contributed by atoms with Crippen molar-refractivity contribution >= 4 is 35.8 Å². The molecule has 2 aromatic rings. The predicted molar refractivity (Wildman–Crippen MR) is 118 cm³/mol. The number of carbonyl (C=O) groups is 1. The second-order valence-corrected chi connectivity index (χ2v) is 6.34. The Hall–Kier alpha value is -2.61. The normalized spacial score (nSPS) is 14.2. The Balaban J connectivity index is 0.00000300. The molecule has 1 fully saturated rings. The Labute approximate surface area is 186 Å². The molecule has 0 spiro atoms. The lowest BCUT2D eigenvalue weighted by atomic mass is 10.1. The van der Waals surface area contributed by atoms with Gasteiger partial charge in [0.2, 0.25) is 0 Å². The zero-order valence-electron chi connectivity index (χ0n) is 16.1. The van der Waals surface area contributed by atoms with Crippen molar-refractivity contribution < 1.29 is 13.6 Å². The van der Waals surface area contributed by atoms with Gasteiger partial charge in [-0.15, -0.1) is 24.0 Å². The number of aliphatic imine (C=N–C) groups is 1. The maximum absolute atomic E-state index is 14.0.